The molecule has 106 valence electrons. The molecule has 0 aliphatic carbocycles. The third kappa shape index (κ3) is 3.47. The van der Waals surface area contributed by atoms with Crippen LogP contribution < -0.4 is 5.32 Å². The number of nitrogens with zero attached hydrogens (tertiary/aromatic N) is 2. The molecule has 1 N–H and O–H groups in total. The second-order valence-corrected chi connectivity index (χ2v) is 5.13. The van der Waals surface area contributed by atoms with Gasteiger partial charge in [-0.3, -0.25) is 4.79 Å². The maximum atomic E-state index is 12.1. The van der Waals surface area contributed by atoms with Gasteiger partial charge in [0.25, 0.3) is 0 Å². The second-order valence-electron chi connectivity index (χ2n) is 5.13. The maximum absolute atomic E-state index is 12.1. The highest BCUT2D eigenvalue weighted by molar-refractivity contribution is 5.91. The van der Waals surface area contributed by atoms with E-state index in [9.17, 15) is 4.79 Å². The van der Waals surface area contributed by atoms with Crippen LogP contribution in [-0.4, -0.2) is 15.7 Å². The Hall–Kier alpha value is -2.10. The smallest absolute Gasteiger partial charge is 0.229 e. The van der Waals surface area contributed by atoms with Gasteiger partial charge in [0.15, 0.2) is 0 Å². The quantitative estimate of drug-likeness (QED) is 0.906. The van der Waals surface area contributed by atoms with Crippen molar-refractivity contribution in [1.29, 1.82) is 0 Å². The van der Waals surface area contributed by atoms with Gasteiger partial charge in [0.2, 0.25) is 5.91 Å². The lowest BCUT2D eigenvalue weighted by molar-refractivity contribution is -0.115. The highest BCUT2D eigenvalue weighted by Crippen LogP contribution is 2.16. The zero-order chi connectivity index (χ0) is 14.5. The topological polar surface area (TPSA) is 46.9 Å². The molecule has 20 heavy (non-hydrogen) atoms. The van der Waals surface area contributed by atoms with Crippen molar-refractivity contribution in [1.82, 2.24) is 9.78 Å². The van der Waals surface area contributed by atoms with E-state index < -0.39 is 0 Å². The van der Waals surface area contributed by atoms with E-state index in [0.717, 1.165) is 17.8 Å². The fourth-order valence-electron chi connectivity index (χ4n) is 2.13. The van der Waals surface area contributed by atoms with Crippen molar-refractivity contribution in [3.63, 3.8) is 0 Å². The fraction of sp³-hybridized carbons (Fsp3) is 0.375. The molecule has 1 aromatic heterocycles. The SMILES string of the molecule is CC[C@H](C)n1nccc1NC(=O)Cc1cccc(C)c1. The number of carbonyl (C=O) groups is 1. The average Bonchev–Trinajstić information content (AvgIpc) is 2.85. The minimum Gasteiger partial charge on any atom is -0.311 e. The van der Waals surface area contributed by atoms with Crippen LogP contribution in [0, 0.1) is 6.92 Å². The summed E-state index contributed by atoms with van der Waals surface area (Å²) in [5.41, 5.74) is 2.19. The normalized spacial score (nSPS) is 12.2. The van der Waals surface area contributed by atoms with E-state index in [-0.39, 0.29) is 11.9 Å². The fourth-order valence-corrected chi connectivity index (χ4v) is 2.13. The van der Waals surface area contributed by atoms with Crippen molar-refractivity contribution in [2.75, 3.05) is 5.32 Å². The number of nitrogens with one attached hydrogen (secondary N) is 1. The van der Waals surface area contributed by atoms with Gasteiger partial charge >= 0.3 is 0 Å². The van der Waals surface area contributed by atoms with Gasteiger partial charge in [-0.15, -0.1) is 0 Å². The number of carbonyl (C=O) groups excluding carboxylic acids is 1. The zero-order valence-corrected chi connectivity index (χ0v) is 12.3. The first-order valence-corrected chi connectivity index (χ1v) is 6.99. The molecule has 0 aliphatic rings. The van der Waals surface area contributed by atoms with Crippen LogP contribution in [0.4, 0.5) is 5.82 Å². The molecule has 1 amide bonds. The van der Waals surface area contributed by atoms with Crippen LogP contribution in [0.3, 0.4) is 0 Å². The van der Waals surface area contributed by atoms with E-state index in [1.807, 2.05) is 41.9 Å². The lowest BCUT2D eigenvalue weighted by Gasteiger charge is -2.14. The Kier molecular flexibility index (Phi) is 4.56. The molecule has 0 bridgehead atoms. The molecule has 1 heterocycles. The molecule has 2 rings (SSSR count). The summed E-state index contributed by atoms with van der Waals surface area (Å²) in [6.45, 7) is 6.22. The van der Waals surface area contributed by atoms with E-state index in [2.05, 4.69) is 24.3 Å². The van der Waals surface area contributed by atoms with Crippen molar-refractivity contribution < 1.29 is 4.79 Å². The zero-order valence-electron chi connectivity index (χ0n) is 12.3. The number of hydrogen-bond donors (Lipinski definition) is 1. The molecule has 0 fully saturated rings. The van der Waals surface area contributed by atoms with Crippen molar-refractivity contribution >= 4 is 11.7 Å². The van der Waals surface area contributed by atoms with Crippen LogP contribution in [-0.2, 0) is 11.2 Å². The Morgan fingerprint density at radius 1 is 1.40 bits per heavy atom. The van der Waals surface area contributed by atoms with Gasteiger partial charge in [-0.25, -0.2) is 4.68 Å². The van der Waals surface area contributed by atoms with Crippen LogP contribution in [0.5, 0.6) is 0 Å². The number of hydrogen-bond acceptors (Lipinski definition) is 2. The van der Waals surface area contributed by atoms with Gasteiger partial charge in [0.1, 0.15) is 5.82 Å². The summed E-state index contributed by atoms with van der Waals surface area (Å²) >= 11 is 0. The lowest BCUT2D eigenvalue weighted by Crippen LogP contribution is -2.19. The van der Waals surface area contributed by atoms with Crippen LogP contribution in [0.25, 0.3) is 0 Å². The van der Waals surface area contributed by atoms with E-state index in [4.69, 9.17) is 0 Å². The first-order valence-electron chi connectivity index (χ1n) is 6.99. The van der Waals surface area contributed by atoms with Gasteiger partial charge in [0, 0.05) is 6.07 Å². The number of amides is 1. The minimum atomic E-state index is -0.0133. The van der Waals surface area contributed by atoms with Crippen LogP contribution in [0.15, 0.2) is 36.5 Å². The molecule has 0 spiro atoms. The lowest BCUT2D eigenvalue weighted by atomic mass is 10.1. The molecule has 0 saturated carbocycles. The van der Waals surface area contributed by atoms with E-state index in [1.54, 1.807) is 6.20 Å². The van der Waals surface area contributed by atoms with Gasteiger partial charge in [-0.2, -0.15) is 5.10 Å². The molecule has 1 atom stereocenters. The monoisotopic (exact) mass is 271 g/mol. The summed E-state index contributed by atoms with van der Waals surface area (Å²) in [7, 11) is 0. The second kappa shape index (κ2) is 6.37. The predicted octanol–water partition coefficient (Wildman–Crippen LogP) is 3.34. The highest BCUT2D eigenvalue weighted by atomic mass is 16.1. The number of benzene rings is 1. The van der Waals surface area contributed by atoms with Gasteiger partial charge in [0.05, 0.1) is 18.7 Å². The molecule has 4 heteroatoms. The number of aryl methyl sites for hydroxylation is 1. The Bertz CT molecular complexity index is 589. The van der Waals surface area contributed by atoms with Crippen molar-refractivity contribution in [3.05, 3.63) is 47.7 Å². The molecule has 0 aliphatic heterocycles. The maximum Gasteiger partial charge on any atom is 0.229 e. The van der Waals surface area contributed by atoms with Crippen LogP contribution in [0.1, 0.15) is 37.4 Å². The van der Waals surface area contributed by atoms with Crippen molar-refractivity contribution in [3.8, 4) is 0 Å². The van der Waals surface area contributed by atoms with E-state index >= 15 is 0 Å². The third-order valence-corrected chi connectivity index (χ3v) is 3.39. The molecule has 1 aromatic carbocycles. The van der Waals surface area contributed by atoms with Crippen molar-refractivity contribution in [2.24, 2.45) is 0 Å². The number of anilines is 1. The molecular weight excluding hydrogens is 250 g/mol. The predicted molar refractivity (Wildman–Crippen MR) is 80.7 cm³/mol. The van der Waals surface area contributed by atoms with E-state index in [1.165, 1.54) is 5.56 Å². The third-order valence-electron chi connectivity index (χ3n) is 3.39. The number of aromatic nitrogens is 2. The summed E-state index contributed by atoms with van der Waals surface area (Å²) in [5.74, 6) is 0.748. The molecule has 0 unspecified atom stereocenters. The van der Waals surface area contributed by atoms with Crippen molar-refractivity contribution in [2.45, 2.75) is 39.7 Å². The Morgan fingerprint density at radius 3 is 2.90 bits per heavy atom. The molecule has 2 aromatic rings. The largest absolute Gasteiger partial charge is 0.311 e. The van der Waals surface area contributed by atoms with Crippen LogP contribution >= 0.6 is 0 Å². The minimum absolute atomic E-state index is 0.0133. The summed E-state index contributed by atoms with van der Waals surface area (Å²) < 4.78 is 1.86. The summed E-state index contributed by atoms with van der Waals surface area (Å²) in [5, 5.41) is 7.20. The van der Waals surface area contributed by atoms with E-state index in [0.29, 0.717) is 6.42 Å². The Labute approximate surface area is 119 Å². The standard InChI is InChI=1S/C16H21N3O/c1-4-13(3)19-15(8-9-17-19)18-16(20)11-14-7-5-6-12(2)10-14/h5-10,13H,4,11H2,1-3H3,(H,18,20)/t13-/m0/s1. The van der Waals surface area contributed by atoms with Crippen LogP contribution in [0.2, 0.25) is 0 Å². The Morgan fingerprint density at radius 2 is 2.20 bits per heavy atom. The summed E-state index contributed by atoms with van der Waals surface area (Å²) in [6, 6.07) is 10.1. The highest BCUT2D eigenvalue weighted by Gasteiger charge is 2.11. The van der Waals surface area contributed by atoms with Gasteiger partial charge in [-0.1, -0.05) is 36.8 Å². The number of rotatable bonds is 5. The Balaban J connectivity index is 2.03. The van der Waals surface area contributed by atoms with Gasteiger partial charge in [-0.05, 0) is 25.8 Å². The molecular formula is C16H21N3O. The first-order chi connectivity index (χ1) is 9.60. The van der Waals surface area contributed by atoms with Gasteiger partial charge < -0.3 is 5.32 Å². The first kappa shape index (κ1) is 14.3. The summed E-state index contributed by atoms with van der Waals surface area (Å²) in [6.07, 6.45) is 3.07. The average molecular weight is 271 g/mol. The molecule has 4 nitrogen and oxygen atoms in total. The molecule has 0 saturated heterocycles. The summed E-state index contributed by atoms with van der Waals surface area (Å²) in [4.78, 5) is 12.1. The molecule has 0 radical (unpaired) electrons.